The van der Waals surface area contributed by atoms with Crippen molar-refractivity contribution in [1.29, 1.82) is 0 Å². The van der Waals surface area contributed by atoms with Gasteiger partial charge in [0.25, 0.3) is 0 Å². The molecule has 18 heteroatoms. The Hall–Kier alpha value is -0.980. The number of aliphatic hydroxyl groups excluding tert-OH is 11. The van der Waals surface area contributed by atoms with Gasteiger partial charge in [-0.05, 0) is 79.4 Å². The van der Waals surface area contributed by atoms with Gasteiger partial charge in [0.1, 0.15) is 67.1 Å². The molecule has 65 heavy (non-hydrogen) atoms. The molecule has 18 nitrogen and oxygen atoms in total. The zero-order chi connectivity index (χ0) is 47.0. The SMILES string of the molecule is CC1C2C3(CC[C@H]1C)COC21C=CC2[C@@]4(C)CC[C@H](O[C@@H]5O[C@H](CO)[C@@H](O)[C@H](O)[C@H]5O[C@@H]5O[C@H](CO)[C@@H](O)[C@H](O)[C@H]5O[C@@H]5OC[C@@H](O)[C@H](O)[C@H]5O)[C@@](C)(CO)C4CC[C@@]2(C)[C@]1(C)C[C@H]3O. The third-order valence-corrected chi connectivity index (χ3v) is 20.0. The molecule has 0 aromatic rings. The molecule has 27 atom stereocenters. The van der Waals surface area contributed by atoms with E-state index >= 15 is 0 Å². The van der Waals surface area contributed by atoms with Gasteiger partial charge in [0, 0.05) is 22.2 Å². The molecule has 1 spiro atoms. The second kappa shape index (κ2) is 17.1. The molecule has 0 radical (unpaired) electrons. The number of fused-ring (bicyclic) bond motifs is 4. The van der Waals surface area contributed by atoms with E-state index in [2.05, 4.69) is 46.8 Å². The van der Waals surface area contributed by atoms with Crippen molar-refractivity contribution in [1.82, 2.24) is 0 Å². The molecule has 9 rings (SSSR count). The van der Waals surface area contributed by atoms with E-state index in [0.717, 1.165) is 25.7 Å². The maximum Gasteiger partial charge on any atom is 0.187 e. The Kier molecular flexibility index (Phi) is 12.9. The fourth-order valence-electron chi connectivity index (χ4n) is 15.8. The lowest BCUT2D eigenvalue weighted by atomic mass is 9.31. The smallest absolute Gasteiger partial charge is 0.187 e. The quantitative estimate of drug-likeness (QED) is 0.0984. The molecule has 372 valence electrons. The fraction of sp³-hybridized carbons (Fsp3) is 0.957. The Morgan fingerprint density at radius 3 is 1.91 bits per heavy atom. The van der Waals surface area contributed by atoms with E-state index < -0.39 is 129 Å². The number of rotatable bonds is 9. The molecule has 0 amide bonds. The van der Waals surface area contributed by atoms with Crippen molar-refractivity contribution in [2.75, 3.05) is 33.0 Å². The summed E-state index contributed by atoms with van der Waals surface area (Å²) < 4.78 is 43.5. The van der Waals surface area contributed by atoms with Gasteiger partial charge in [-0.25, -0.2) is 0 Å². The first-order chi connectivity index (χ1) is 30.6. The van der Waals surface area contributed by atoms with Crippen LogP contribution in [0.3, 0.4) is 0 Å². The fourth-order valence-corrected chi connectivity index (χ4v) is 15.8. The van der Waals surface area contributed by atoms with Gasteiger partial charge in [0.05, 0.1) is 50.8 Å². The van der Waals surface area contributed by atoms with Gasteiger partial charge in [-0.15, -0.1) is 0 Å². The summed E-state index contributed by atoms with van der Waals surface area (Å²) in [5.74, 6) is 1.06. The standard InChI is InChI=1S/C47H76O18/c1-21-7-13-46-20-60-47(38(46)22(21)2)14-9-27-42(3)11-10-29(43(4,19-50)26(42)8-12-44(27,5)45(47,6)15-28(46)52)63-40-36(33(56)31(54)24(16-48)61-40)65-41-37(34(57)32(55)25(17-49)62-41)64-39-35(58)30(53)23(51)18-59-39/h9,14,21-41,48-58H,7-8,10-13,15-20H2,1-6H3/t21-,22?,23-,24-,25-,26?,27?,28-,29+,30+,31-,32-,33+,34+,35-,36-,37-,38?,39+,40+,41+,42+,43+,44-,45+,46?,47?/m1/s1. The minimum atomic E-state index is -1.85. The van der Waals surface area contributed by atoms with Crippen LogP contribution in [0.25, 0.3) is 0 Å². The van der Waals surface area contributed by atoms with Crippen molar-refractivity contribution < 1.29 is 89.3 Å². The highest BCUT2D eigenvalue weighted by molar-refractivity contribution is 5.36. The minimum absolute atomic E-state index is 0.0619. The molecule has 2 bridgehead atoms. The van der Waals surface area contributed by atoms with Crippen molar-refractivity contribution in [3.63, 3.8) is 0 Å². The molecule has 9 aliphatic rings. The van der Waals surface area contributed by atoms with Gasteiger partial charge < -0.3 is 89.3 Å². The van der Waals surface area contributed by atoms with Crippen molar-refractivity contribution >= 4 is 0 Å². The van der Waals surface area contributed by atoms with E-state index in [-0.39, 0.29) is 46.0 Å². The van der Waals surface area contributed by atoms with E-state index in [1.165, 1.54) is 0 Å². The lowest BCUT2D eigenvalue weighted by Crippen LogP contribution is -2.73. The molecule has 0 aromatic carbocycles. The first-order valence-corrected chi connectivity index (χ1v) is 24.1. The summed E-state index contributed by atoms with van der Waals surface area (Å²) in [7, 11) is 0. The molecule has 4 heterocycles. The van der Waals surface area contributed by atoms with Gasteiger partial charge in [0.2, 0.25) is 0 Å². The van der Waals surface area contributed by atoms with Crippen LogP contribution in [-0.2, 0) is 33.2 Å². The highest BCUT2D eigenvalue weighted by Gasteiger charge is 2.79. The Labute approximate surface area is 380 Å². The average Bonchev–Trinajstić information content (AvgIpc) is 3.59. The van der Waals surface area contributed by atoms with Crippen LogP contribution in [0.5, 0.6) is 0 Å². The van der Waals surface area contributed by atoms with Crippen molar-refractivity contribution in [2.24, 2.45) is 56.7 Å². The van der Waals surface area contributed by atoms with Crippen LogP contribution in [0, 0.1) is 56.7 Å². The van der Waals surface area contributed by atoms with Crippen molar-refractivity contribution in [2.45, 2.75) is 190 Å². The molecule has 11 N–H and O–H groups in total. The van der Waals surface area contributed by atoms with Crippen LogP contribution < -0.4 is 0 Å². The second-order valence-electron chi connectivity index (χ2n) is 22.8. The number of ether oxygens (including phenoxy) is 7. The molecule has 5 aliphatic carbocycles. The van der Waals surface area contributed by atoms with E-state index in [1.807, 2.05) is 6.92 Å². The predicted molar refractivity (Wildman–Crippen MR) is 225 cm³/mol. The Balaban J connectivity index is 1.00. The molecule has 4 saturated heterocycles. The summed E-state index contributed by atoms with van der Waals surface area (Å²) in [5, 5.41) is 120. The third kappa shape index (κ3) is 6.85. The highest BCUT2D eigenvalue weighted by atomic mass is 16.8. The first kappa shape index (κ1) is 49.0. The predicted octanol–water partition coefficient (Wildman–Crippen LogP) is -0.931. The zero-order valence-electron chi connectivity index (χ0n) is 38.5. The number of hydrogen-bond acceptors (Lipinski definition) is 18. The Morgan fingerprint density at radius 1 is 0.677 bits per heavy atom. The van der Waals surface area contributed by atoms with Gasteiger partial charge in [-0.2, -0.15) is 0 Å². The molecule has 4 saturated carbocycles. The van der Waals surface area contributed by atoms with Crippen LogP contribution in [0.15, 0.2) is 12.2 Å². The molecule has 0 aromatic heterocycles. The minimum Gasteiger partial charge on any atom is -0.396 e. The Morgan fingerprint density at radius 2 is 1.29 bits per heavy atom. The van der Waals surface area contributed by atoms with Crippen LogP contribution in [-0.4, -0.2) is 193 Å². The second-order valence-corrected chi connectivity index (χ2v) is 22.8. The molecule has 8 fully saturated rings. The van der Waals surface area contributed by atoms with Crippen LogP contribution in [0.2, 0.25) is 0 Å². The number of hydrogen-bond donors (Lipinski definition) is 11. The summed E-state index contributed by atoms with van der Waals surface area (Å²) in [6.45, 7) is 12.1. The van der Waals surface area contributed by atoms with E-state index in [0.29, 0.717) is 37.7 Å². The topological polar surface area (TPSA) is 287 Å². The maximum absolute atomic E-state index is 12.3. The molecule has 4 aliphatic heterocycles. The van der Waals surface area contributed by atoms with Gasteiger partial charge in [-0.1, -0.05) is 53.7 Å². The molecular weight excluding hydrogens is 852 g/mol. The third-order valence-electron chi connectivity index (χ3n) is 20.0. The van der Waals surface area contributed by atoms with E-state index in [4.69, 9.17) is 33.2 Å². The summed E-state index contributed by atoms with van der Waals surface area (Å²) in [4.78, 5) is 0. The number of allylic oxidation sites excluding steroid dienone is 1. The van der Waals surface area contributed by atoms with Crippen LogP contribution in [0.4, 0.5) is 0 Å². The first-order valence-electron chi connectivity index (χ1n) is 24.1. The van der Waals surface area contributed by atoms with Crippen LogP contribution >= 0.6 is 0 Å². The van der Waals surface area contributed by atoms with E-state index in [9.17, 15) is 56.2 Å². The van der Waals surface area contributed by atoms with Crippen LogP contribution in [0.1, 0.15) is 86.5 Å². The van der Waals surface area contributed by atoms with Crippen molar-refractivity contribution in [3.05, 3.63) is 12.2 Å². The average molecular weight is 929 g/mol. The summed E-state index contributed by atoms with van der Waals surface area (Å²) in [6, 6.07) is 0. The Bertz CT molecular complexity index is 1760. The van der Waals surface area contributed by atoms with Gasteiger partial charge in [0.15, 0.2) is 18.9 Å². The van der Waals surface area contributed by atoms with Gasteiger partial charge in [-0.3, -0.25) is 0 Å². The summed E-state index contributed by atoms with van der Waals surface area (Å²) in [6.07, 6.45) is -14.1. The van der Waals surface area contributed by atoms with Crippen molar-refractivity contribution in [3.8, 4) is 0 Å². The summed E-state index contributed by atoms with van der Waals surface area (Å²) in [5.41, 5.74) is -2.66. The zero-order valence-corrected chi connectivity index (χ0v) is 38.5. The normalized spacial score (nSPS) is 59.8. The molecular formula is C47H76O18. The number of aliphatic hydroxyl groups is 11. The summed E-state index contributed by atoms with van der Waals surface area (Å²) >= 11 is 0. The maximum atomic E-state index is 12.3. The monoisotopic (exact) mass is 929 g/mol. The largest absolute Gasteiger partial charge is 0.396 e. The highest BCUT2D eigenvalue weighted by Crippen LogP contribution is 2.79. The molecule has 6 unspecified atom stereocenters. The lowest BCUT2D eigenvalue weighted by Gasteiger charge is -2.73. The van der Waals surface area contributed by atoms with E-state index in [1.54, 1.807) is 0 Å². The van der Waals surface area contributed by atoms with Gasteiger partial charge >= 0.3 is 0 Å². The lowest BCUT2D eigenvalue weighted by molar-refractivity contribution is -0.395.